The topological polar surface area (TPSA) is 12.0 Å². The number of hydrogen-bond donors (Lipinski definition) is 1. The molecule has 1 saturated carbocycles. The molecule has 0 aromatic rings. The average Bonchev–Trinajstić information content (AvgIpc) is 3.05. The fourth-order valence-electron chi connectivity index (χ4n) is 2.72. The summed E-state index contributed by atoms with van der Waals surface area (Å²) in [5, 5.41) is 3.62. The van der Waals surface area contributed by atoms with Gasteiger partial charge in [0.2, 0.25) is 0 Å². The summed E-state index contributed by atoms with van der Waals surface area (Å²) in [6.07, 6.45) is 11.3. The van der Waals surface area contributed by atoms with Gasteiger partial charge >= 0.3 is 0 Å². The first-order valence-corrected chi connectivity index (χ1v) is 7.47. The van der Waals surface area contributed by atoms with Gasteiger partial charge in [-0.1, -0.05) is 46.5 Å². The van der Waals surface area contributed by atoms with Crippen molar-refractivity contribution in [3.8, 4) is 0 Å². The van der Waals surface area contributed by atoms with Gasteiger partial charge in [0.25, 0.3) is 0 Å². The molecular formula is C15H31N. The summed E-state index contributed by atoms with van der Waals surface area (Å²) in [4.78, 5) is 0. The molecule has 1 rings (SSSR count). The molecule has 0 spiro atoms. The van der Waals surface area contributed by atoms with E-state index in [4.69, 9.17) is 0 Å². The molecule has 0 aromatic carbocycles. The van der Waals surface area contributed by atoms with Gasteiger partial charge < -0.3 is 5.32 Å². The maximum atomic E-state index is 3.62. The van der Waals surface area contributed by atoms with Gasteiger partial charge in [0, 0.05) is 6.54 Å². The number of unbranched alkanes of at least 4 members (excludes halogenated alkanes) is 1. The fourth-order valence-corrected chi connectivity index (χ4v) is 2.72. The van der Waals surface area contributed by atoms with Crippen molar-refractivity contribution in [2.45, 2.75) is 72.1 Å². The number of rotatable bonds is 10. The van der Waals surface area contributed by atoms with E-state index < -0.39 is 0 Å². The molecule has 0 saturated heterocycles. The van der Waals surface area contributed by atoms with Crippen molar-refractivity contribution in [3.63, 3.8) is 0 Å². The van der Waals surface area contributed by atoms with E-state index >= 15 is 0 Å². The molecule has 16 heavy (non-hydrogen) atoms. The molecule has 0 aliphatic heterocycles. The minimum atomic E-state index is 0.712. The van der Waals surface area contributed by atoms with Crippen molar-refractivity contribution in [1.29, 1.82) is 0 Å². The van der Waals surface area contributed by atoms with Crippen molar-refractivity contribution in [3.05, 3.63) is 0 Å². The summed E-state index contributed by atoms with van der Waals surface area (Å²) < 4.78 is 0. The zero-order valence-electron chi connectivity index (χ0n) is 11.6. The van der Waals surface area contributed by atoms with E-state index in [0.29, 0.717) is 5.41 Å². The molecule has 1 aliphatic rings. The Labute approximate surface area is 102 Å². The van der Waals surface area contributed by atoms with Gasteiger partial charge in [-0.15, -0.1) is 0 Å². The molecule has 1 aliphatic carbocycles. The third kappa shape index (κ3) is 4.86. The van der Waals surface area contributed by atoms with Crippen LogP contribution in [0.1, 0.15) is 72.1 Å². The number of nitrogens with one attached hydrogen (secondary N) is 1. The van der Waals surface area contributed by atoms with Crippen molar-refractivity contribution in [2.75, 3.05) is 13.1 Å². The van der Waals surface area contributed by atoms with Crippen LogP contribution in [-0.4, -0.2) is 13.1 Å². The molecule has 0 bridgehead atoms. The molecule has 1 heteroatoms. The third-order valence-electron chi connectivity index (χ3n) is 4.15. The second-order valence-electron chi connectivity index (χ2n) is 5.80. The molecule has 0 radical (unpaired) electrons. The summed E-state index contributed by atoms with van der Waals surface area (Å²) >= 11 is 0. The highest BCUT2D eigenvalue weighted by atomic mass is 14.9. The lowest BCUT2D eigenvalue weighted by Gasteiger charge is -2.22. The molecule has 0 heterocycles. The highest BCUT2D eigenvalue weighted by molar-refractivity contribution is 4.96. The van der Waals surface area contributed by atoms with E-state index in [9.17, 15) is 0 Å². The van der Waals surface area contributed by atoms with Crippen molar-refractivity contribution < 1.29 is 0 Å². The van der Waals surface area contributed by atoms with Gasteiger partial charge in [0.15, 0.2) is 0 Å². The van der Waals surface area contributed by atoms with E-state index in [1.54, 1.807) is 0 Å². The van der Waals surface area contributed by atoms with Crippen LogP contribution in [0.25, 0.3) is 0 Å². The lowest BCUT2D eigenvalue weighted by Crippen LogP contribution is -2.26. The van der Waals surface area contributed by atoms with Crippen LogP contribution < -0.4 is 5.32 Å². The molecule has 0 amide bonds. The number of hydrogen-bond acceptors (Lipinski definition) is 1. The highest BCUT2D eigenvalue weighted by Crippen LogP contribution is 2.51. The van der Waals surface area contributed by atoms with Crippen molar-refractivity contribution in [1.82, 2.24) is 5.32 Å². The van der Waals surface area contributed by atoms with Gasteiger partial charge in [-0.25, -0.2) is 0 Å². The second-order valence-corrected chi connectivity index (χ2v) is 5.80. The smallest absolute Gasteiger partial charge is 0.000791 e. The van der Waals surface area contributed by atoms with E-state index in [2.05, 4.69) is 26.1 Å². The Bertz CT molecular complexity index is 172. The van der Waals surface area contributed by atoms with Gasteiger partial charge in [-0.3, -0.25) is 0 Å². The van der Waals surface area contributed by atoms with Crippen LogP contribution in [0.15, 0.2) is 0 Å². The summed E-state index contributed by atoms with van der Waals surface area (Å²) in [5.74, 6) is 0.992. The van der Waals surface area contributed by atoms with Crippen LogP contribution in [0, 0.1) is 11.3 Å². The average molecular weight is 225 g/mol. The summed E-state index contributed by atoms with van der Waals surface area (Å²) in [7, 11) is 0. The minimum Gasteiger partial charge on any atom is -0.316 e. The van der Waals surface area contributed by atoms with E-state index in [1.807, 2.05) is 0 Å². The molecule has 1 atom stereocenters. The maximum absolute atomic E-state index is 3.62. The zero-order valence-corrected chi connectivity index (χ0v) is 11.6. The van der Waals surface area contributed by atoms with Crippen LogP contribution in [0.2, 0.25) is 0 Å². The lowest BCUT2D eigenvalue weighted by atomic mass is 9.86. The van der Waals surface area contributed by atoms with E-state index in [0.717, 1.165) is 5.92 Å². The summed E-state index contributed by atoms with van der Waals surface area (Å²) in [5.41, 5.74) is 0.712. The van der Waals surface area contributed by atoms with Gasteiger partial charge in [-0.05, 0) is 43.6 Å². The normalized spacial score (nSPS) is 19.7. The minimum absolute atomic E-state index is 0.712. The standard InChI is InChI=1S/C15H31N/c1-4-7-8-14(6-3)12-15(9-10-15)13-16-11-5-2/h14,16H,4-13H2,1-3H3. The second kappa shape index (κ2) is 7.32. The Balaban J connectivity index is 2.21. The van der Waals surface area contributed by atoms with Crippen molar-refractivity contribution >= 4 is 0 Å². The highest BCUT2D eigenvalue weighted by Gasteiger charge is 2.42. The van der Waals surface area contributed by atoms with Crippen LogP contribution in [0.4, 0.5) is 0 Å². The van der Waals surface area contributed by atoms with Crippen LogP contribution in [0.5, 0.6) is 0 Å². The predicted molar refractivity (Wildman–Crippen MR) is 72.8 cm³/mol. The lowest BCUT2D eigenvalue weighted by molar-refractivity contribution is 0.310. The predicted octanol–water partition coefficient (Wildman–Crippen LogP) is 4.37. The first-order valence-electron chi connectivity index (χ1n) is 7.47. The Morgan fingerprint density at radius 2 is 1.88 bits per heavy atom. The Morgan fingerprint density at radius 1 is 1.12 bits per heavy atom. The van der Waals surface area contributed by atoms with Gasteiger partial charge in [0.1, 0.15) is 0 Å². The SMILES string of the molecule is CCCCC(CC)CC1(CNCCC)CC1. The fraction of sp³-hybridized carbons (Fsp3) is 1.00. The van der Waals surface area contributed by atoms with Crippen LogP contribution in [0.3, 0.4) is 0 Å². The van der Waals surface area contributed by atoms with E-state index in [1.165, 1.54) is 64.5 Å². The van der Waals surface area contributed by atoms with Crippen molar-refractivity contribution in [2.24, 2.45) is 11.3 Å². The zero-order chi connectivity index (χ0) is 11.9. The quantitative estimate of drug-likeness (QED) is 0.544. The van der Waals surface area contributed by atoms with E-state index in [-0.39, 0.29) is 0 Å². The molecular weight excluding hydrogens is 194 g/mol. The Kier molecular flexibility index (Phi) is 6.41. The largest absolute Gasteiger partial charge is 0.316 e. The summed E-state index contributed by atoms with van der Waals surface area (Å²) in [6, 6.07) is 0. The third-order valence-corrected chi connectivity index (χ3v) is 4.15. The monoisotopic (exact) mass is 225 g/mol. The van der Waals surface area contributed by atoms with Crippen LogP contribution >= 0.6 is 0 Å². The van der Waals surface area contributed by atoms with Crippen LogP contribution in [-0.2, 0) is 0 Å². The first kappa shape index (κ1) is 14.0. The Hall–Kier alpha value is -0.0400. The van der Waals surface area contributed by atoms with Gasteiger partial charge in [-0.2, -0.15) is 0 Å². The first-order chi connectivity index (χ1) is 7.76. The molecule has 96 valence electrons. The molecule has 1 N–H and O–H groups in total. The maximum Gasteiger partial charge on any atom is 0.000791 e. The molecule has 1 nitrogen and oxygen atoms in total. The molecule has 0 aromatic heterocycles. The van der Waals surface area contributed by atoms with Gasteiger partial charge in [0.05, 0.1) is 0 Å². The summed E-state index contributed by atoms with van der Waals surface area (Å²) in [6.45, 7) is 9.41. The molecule has 1 unspecified atom stereocenters. The molecule has 1 fully saturated rings. The Morgan fingerprint density at radius 3 is 2.38 bits per heavy atom.